The van der Waals surface area contributed by atoms with E-state index in [0.29, 0.717) is 16.7 Å². The van der Waals surface area contributed by atoms with Crippen molar-refractivity contribution in [2.75, 3.05) is 0 Å². The fourth-order valence-corrected chi connectivity index (χ4v) is 5.13. The maximum absolute atomic E-state index is 14.4. The third kappa shape index (κ3) is 3.83. The van der Waals surface area contributed by atoms with Gasteiger partial charge in [0.25, 0.3) is 5.91 Å². The summed E-state index contributed by atoms with van der Waals surface area (Å²) >= 11 is 0. The van der Waals surface area contributed by atoms with Crippen molar-refractivity contribution >= 4 is 11.7 Å². The molecule has 4 aromatic rings. The van der Waals surface area contributed by atoms with Gasteiger partial charge in [-0.2, -0.15) is 5.10 Å². The molecule has 0 radical (unpaired) electrons. The van der Waals surface area contributed by atoms with Crippen molar-refractivity contribution in [3.8, 4) is 11.1 Å². The number of carbonyl (C=O) groups excluding carboxylic acids is 1. The summed E-state index contributed by atoms with van der Waals surface area (Å²) in [5.74, 6) is 11.0. The highest BCUT2D eigenvalue weighted by Gasteiger charge is 2.43. The van der Waals surface area contributed by atoms with Gasteiger partial charge in [0, 0.05) is 16.7 Å². The minimum atomic E-state index is -0.317. The molecule has 0 fully saturated rings. The number of nitrogens with zero attached hydrogens (tertiary/aromatic N) is 2. The maximum Gasteiger partial charge on any atom is 0.268 e. The molecule has 2 aliphatic rings. The van der Waals surface area contributed by atoms with Gasteiger partial charge in [-0.1, -0.05) is 60.7 Å². The summed E-state index contributed by atoms with van der Waals surface area (Å²) in [5.41, 5.74) is 13.1. The van der Waals surface area contributed by atoms with Crippen LogP contribution in [0.25, 0.3) is 11.1 Å². The molecule has 7 nitrogen and oxygen atoms in total. The Bertz CT molecular complexity index is 1570. The molecule has 2 atom stereocenters. The second-order valence-corrected chi connectivity index (χ2v) is 9.21. The first-order valence-corrected chi connectivity index (χ1v) is 11.8. The first-order chi connectivity index (χ1) is 17.9. The van der Waals surface area contributed by atoms with Crippen molar-refractivity contribution in [1.82, 2.24) is 5.01 Å². The number of fused-ring (bicyclic) bond motifs is 8. The Balaban J connectivity index is 1.24. The zero-order chi connectivity index (χ0) is 25.7. The van der Waals surface area contributed by atoms with Crippen molar-refractivity contribution in [2.45, 2.75) is 18.8 Å². The molecule has 0 aromatic heterocycles. The second-order valence-electron chi connectivity index (χ2n) is 9.21. The van der Waals surface area contributed by atoms with E-state index in [1.807, 2.05) is 48.5 Å². The molecule has 37 heavy (non-hydrogen) atoms. The fourth-order valence-electron chi connectivity index (χ4n) is 5.13. The summed E-state index contributed by atoms with van der Waals surface area (Å²) in [6.45, 7) is 0.216. The summed E-state index contributed by atoms with van der Waals surface area (Å²) in [6.07, 6.45) is -0.520. The fraction of sp³-hybridized carbons (Fsp3) is 0.103. The number of nitrogens with two attached hydrogens (primary N) is 3. The Morgan fingerprint density at radius 2 is 1.51 bits per heavy atom. The number of benzene rings is 4. The highest BCUT2D eigenvalue weighted by Crippen LogP contribution is 2.54. The van der Waals surface area contributed by atoms with Crippen LogP contribution in [0.15, 0.2) is 90.0 Å². The Labute approximate surface area is 212 Å². The smallest absolute Gasteiger partial charge is 0.268 e. The molecule has 0 saturated carbocycles. The standard InChI is InChI=1S/C29H24FN5O2/c30-25-4-2-1-3-20(25)18-9-11-21-23(13-18)27-24-14-19(10-12-22(24)26(21)37-27)29(36)35(33)15-16-5-7-17(8-6-16)28(31)34-32/h1-14,26-27H,15,32-33H2,(H2,31,34)/t26-,27+/m0/s1. The molecule has 6 rings (SSSR count). The first-order valence-electron chi connectivity index (χ1n) is 11.8. The minimum absolute atomic E-state index is 0.203. The monoisotopic (exact) mass is 493 g/mol. The number of amides is 1. The number of rotatable bonds is 5. The highest BCUT2D eigenvalue weighted by atomic mass is 19.1. The molecule has 1 amide bonds. The molecule has 0 aliphatic carbocycles. The lowest BCUT2D eigenvalue weighted by Crippen LogP contribution is -2.36. The molecule has 4 aromatic carbocycles. The Morgan fingerprint density at radius 3 is 2.24 bits per heavy atom. The lowest BCUT2D eigenvalue weighted by molar-refractivity contribution is 0.0742. The summed E-state index contributed by atoms with van der Waals surface area (Å²) in [4.78, 5) is 13.2. The van der Waals surface area contributed by atoms with Gasteiger partial charge in [-0.15, -0.1) is 0 Å². The SMILES string of the molecule is NN=C(N)c1ccc(CN(N)C(=O)c2ccc3c(c2)[C@@H]2O[C@H]3c3ccc(-c4ccccc4F)cc32)cc1. The predicted octanol–water partition coefficient (Wildman–Crippen LogP) is 4.11. The lowest BCUT2D eigenvalue weighted by atomic mass is 9.83. The number of amidine groups is 1. The van der Waals surface area contributed by atoms with E-state index < -0.39 is 0 Å². The molecule has 6 N–H and O–H groups in total. The summed E-state index contributed by atoms with van der Waals surface area (Å²) in [6, 6.07) is 25.4. The third-order valence-corrected chi connectivity index (χ3v) is 7.01. The van der Waals surface area contributed by atoms with Crippen molar-refractivity contribution in [3.63, 3.8) is 0 Å². The van der Waals surface area contributed by atoms with Crippen LogP contribution in [-0.2, 0) is 11.3 Å². The van der Waals surface area contributed by atoms with E-state index in [2.05, 4.69) is 5.10 Å². The number of hydrogen-bond acceptors (Lipinski definition) is 5. The Morgan fingerprint density at radius 1 is 0.865 bits per heavy atom. The van der Waals surface area contributed by atoms with E-state index >= 15 is 0 Å². The maximum atomic E-state index is 14.4. The molecular weight excluding hydrogens is 469 g/mol. The molecule has 0 spiro atoms. The number of carbonyl (C=O) groups is 1. The largest absolute Gasteiger partial charge is 0.382 e. The quantitative estimate of drug-likeness (QED) is 0.127. The van der Waals surface area contributed by atoms with Crippen molar-refractivity contribution in [3.05, 3.63) is 130 Å². The van der Waals surface area contributed by atoms with Gasteiger partial charge in [-0.25, -0.2) is 10.2 Å². The van der Waals surface area contributed by atoms with E-state index in [0.717, 1.165) is 33.4 Å². The van der Waals surface area contributed by atoms with E-state index in [9.17, 15) is 9.18 Å². The van der Waals surface area contributed by atoms with Crippen LogP contribution in [0.2, 0.25) is 0 Å². The van der Waals surface area contributed by atoms with Crippen LogP contribution in [-0.4, -0.2) is 16.8 Å². The molecule has 2 aliphatic heterocycles. The van der Waals surface area contributed by atoms with Crippen LogP contribution >= 0.6 is 0 Å². The van der Waals surface area contributed by atoms with Gasteiger partial charge in [0.15, 0.2) is 0 Å². The summed E-state index contributed by atoms with van der Waals surface area (Å²) in [5, 5.41) is 4.65. The highest BCUT2D eigenvalue weighted by molar-refractivity contribution is 5.97. The topological polar surface area (TPSA) is 120 Å². The van der Waals surface area contributed by atoms with E-state index in [-0.39, 0.29) is 36.3 Å². The van der Waals surface area contributed by atoms with Crippen LogP contribution in [0.5, 0.6) is 0 Å². The zero-order valence-corrected chi connectivity index (χ0v) is 19.8. The average Bonchev–Trinajstić information content (AvgIpc) is 3.49. The molecule has 8 heteroatoms. The van der Waals surface area contributed by atoms with Gasteiger partial charge in [-0.05, 0) is 57.6 Å². The van der Waals surface area contributed by atoms with Crippen LogP contribution in [0.3, 0.4) is 0 Å². The zero-order valence-electron chi connectivity index (χ0n) is 19.8. The Kier molecular flexibility index (Phi) is 5.48. The average molecular weight is 494 g/mol. The molecule has 184 valence electrons. The Hall–Kier alpha value is -4.53. The molecule has 0 saturated heterocycles. The van der Waals surface area contributed by atoms with Gasteiger partial charge >= 0.3 is 0 Å². The van der Waals surface area contributed by atoms with Gasteiger partial charge < -0.3 is 16.3 Å². The van der Waals surface area contributed by atoms with Crippen molar-refractivity contribution in [2.24, 2.45) is 22.5 Å². The summed E-state index contributed by atoms with van der Waals surface area (Å²) < 4.78 is 20.7. The van der Waals surface area contributed by atoms with Gasteiger partial charge in [-0.3, -0.25) is 9.80 Å². The van der Waals surface area contributed by atoms with E-state index in [4.69, 9.17) is 22.2 Å². The number of hydrogen-bond donors (Lipinski definition) is 3. The normalized spacial score (nSPS) is 17.4. The number of halogens is 1. The van der Waals surface area contributed by atoms with Crippen LogP contribution in [0, 0.1) is 5.82 Å². The van der Waals surface area contributed by atoms with Gasteiger partial charge in [0.2, 0.25) is 0 Å². The van der Waals surface area contributed by atoms with E-state index in [1.54, 1.807) is 30.3 Å². The number of hydrazine groups is 1. The number of ether oxygens (including phenoxy) is 1. The van der Waals surface area contributed by atoms with Crippen LogP contribution in [0.1, 0.15) is 55.9 Å². The van der Waals surface area contributed by atoms with E-state index in [1.165, 1.54) is 11.1 Å². The van der Waals surface area contributed by atoms with Crippen molar-refractivity contribution < 1.29 is 13.9 Å². The summed E-state index contributed by atoms with van der Waals surface area (Å²) in [7, 11) is 0. The van der Waals surface area contributed by atoms with Gasteiger partial charge in [0.05, 0.1) is 6.54 Å². The van der Waals surface area contributed by atoms with Crippen molar-refractivity contribution in [1.29, 1.82) is 0 Å². The predicted molar refractivity (Wildman–Crippen MR) is 138 cm³/mol. The van der Waals surface area contributed by atoms with Gasteiger partial charge in [0.1, 0.15) is 23.9 Å². The molecule has 2 heterocycles. The lowest BCUT2D eigenvalue weighted by Gasteiger charge is -2.20. The van der Waals surface area contributed by atoms with Crippen LogP contribution in [0.4, 0.5) is 4.39 Å². The van der Waals surface area contributed by atoms with Crippen LogP contribution < -0.4 is 17.4 Å². The first kappa shape index (κ1) is 22.9. The molecule has 2 bridgehead atoms. The minimum Gasteiger partial charge on any atom is -0.382 e. The third-order valence-electron chi connectivity index (χ3n) is 7.01. The molecular formula is C29H24FN5O2. The second kappa shape index (κ2) is 8.85. The molecule has 0 unspecified atom stereocenters. The number of hydrazone groups is 1.